The van der Waals surface area contributed by atoms with Crippen LogP contribution < -0.4 is 0 Å². The molecule has 2 nitrogen and oxygen atoms in total. The Hall–Kier alpha value is -2.22. The van der Waals surface area contributed by atoms with Gasteiger partial charge in [-0.05, 0) is 36.6 Å². The van der Waals surface area contributed by atoms with Crippen LogP contribution in [0.1, 0.15) is 31.0 Å². The van der Waals surface area contributed by atoms with Crippen molar-refractivity contribution >= 4 is 10.9 Å². The molecule has 0 aliphatic carbocycles. The van der Waals surface area contributed by atoms with E-state index in [2.05, 4.69) is 47.9 Å². The molecule has 0 unspecified atom stereocenters. The number of benzene rings is 2. The molecule has 0 aliphatic heterocycles. The molecular formula is C19H21NO. The average Bonchev–Trinajstić information content (AvgIpc) is 2.86. The van der Waals surface area contributed by atoms with Crippen LogP contribution in [0.3, 0.4) is 0 Å². The molecule has 0 radical (unpaired) electrons. The molecule has 0 spiro atoms. The van der Waals surface area contributed by atoms with Gasteiger partial charge in [-0.1, -0.05) is 49.7 Å². The first-order valence-corrected chi connectivity index (χ1v) is 7.63. The van der Waals surface area contributed by atoms with Crippen molar-refractivity contribution in [3.63, 3.8) is 0 Å². The number of unbranched alkanes of at least 4 members (excludes halogenated alkanes) is 1. The Morgan fingerprint density at radius 2 is 1.81 bits per heavy atom. The lowest BCUT2D eigenvalue weighted by Crippen LogP contribution is -2.04. The highest BCUT2D eigenvalue weighted by molar-refractivity contribution is 5.87. The van der Waals surface area contributed by atoms with E-state index in [4.69, 9.17) is 0 Å². The molecule has 0 aliphatic rings. The summed E-state index contributed by atoms with van der Waals surface area (Å²) < 4.78 is 2.33. The van der Waals surface area contributed by atoms with Gasteiger partial charge in [-0.25, -0.2) is 0 Å². The third-order valence-corrected chi connectivity index (χ3v) is 3.98. The minimum absolute atomic E-state index is 0.372. The summed E-state index contributed by atoms with van der Waals surface area (Å²) >= 11 is 0. The van der Waals surface area contributed by atoms with Gasteiger partial charge < -0.3 is 9.67 Å². The molecule has 1 aromatic heterocycles. The highest BCUT2D eigenvalue weighted by Crippen LogP contribution is 2.29. The van der Waals surface area contributed by atoms with Crippen molar-refractivity contribution in [2.45, 2.75) is 32.7 Å². The Bertz CT molecular complexity index is 728. The molecule has 3 aromatic rings. The highest BCUT2D eigenvalue weighted by atomic mass is 16.3. The lowest BCUT2D eigenvalue weighted by Gasteiger charge is -2.11. The zero-order valence-electron chi connectivity index (χ0n) is 12.4. The molecule has 0 amide bonds. The number of aromatic nitrogens is 1. The van der Waals surface area contributed by atoms with Crippen LogP contribution >= 0.6 is 0 Å². The largest absolute Gasteiger partial charge is 0.507 e. The summed E-state index contributed by atoms with van der Waals surface area (Å²) in [6.45, 7) is 3.06. The van der Waals surface area contributed by atoms with Crippen molar-refractivity contribution in [1.82, 2.24) is 4.57 Å². The van der Waals surface area contributed by atoms with Gasteiger partial charge in [0.25, 0.3) is 0 Å². The first-order chi connectivity index (χ1) is 10.3. The van der Waals surface area contributed by atoms with Crippen molar-refractivity contribution in [3.8, 4) is 5.75 Å². The number of hydrogen-bond acceptors (Lipinski definition) is 1. The third kappa shape index (κ3) is 2.80. The van der Waals surface area contributed by atoms with Crippen molar-refractivity contribution in [2.75, 3.05) is 0 Å². The maximum atomic E-state index is 10.1. The van der Waals surface area contributed by atoms with E-state index < -0.39 is 0 Å². The van der Waals surface area contributed by atoms with Gasteiger partial charge in [-0.2, -0.15) is 0 Å². The van der Waals surface area contributed by atoms with Crippen molar-refractivity contribution < 1.29 is 5.11 Å². The van der Waals surface area contributed by atoms with Crippen LogP contribution in [0.2, 0.25) is 0 Å². The van der Waals surface area contributed by atoms with E-state index in [1.165, 1.54) is 24.1 Å². The summed E-state index contributed by atoms with van der Waals surface area (Å²) in [5.41, 5.74) is 3.71. The molecule has 0 saturated carbocycles. The van der Waals surface area contributed by atoms with E-state index in [0.29, 0.717) is 5.75 Å². The molecular weight excluding hydrogens is 258 g/mol. The number of aryl methyl sites for hydroxylation is 1. The van der Waals surface area contributed by atoms with Gasteiger partial charge in [0.05, 0.1) is 5.52 Å². The average molecular weight is 279 g/mol. The highest BCUT2D eigenvalue weighted by Gasteiger charge is 2.11. The van der Waals surface area contributed by atoms with Gasteiger partial charge in [0, 0.05) is 17.6 Å². The Kier molecular flexibility index (Phi) is 3.96. The standard InChI is InChI=1S/C19H21NO/c1-2-3-10-16-13-17-18(11-7-12-19(17)21)20(16)14-15-8-5-4-6-9-15/h4-9,11-13,21H,2-3,10,14H2,1H3. The second-order valence-electron chi connectivity index (χ2n) is 5.52. The van der Waals surface area contributed by atoms with Crippen LogP contribution in [-0.4, -0.2) is 9.67 Å². The second kappa shape index (κ2) is 6.04. The lowest BCUT2D eigenvalue weighted by molar-refractivity contribution is 0.481. The molecule has 3 rings (SSSR count). The second-order valence-corrected chi connectivity index (χ2v) is 5.52. The van der Waals surface area contributed by atoms with Crippen LogP contribution in [0.4, 0.5) is 0 Å². The van der Waals surface area contributed by atoms with Crippen LogP contribution in [0.25, 0.3) is 10.9 Å². The smallest absolute Gasteiger partial charge is 0.124 e. The molecule has 1 N–H and O–H groups in total. The van der Waals surface area contributed by atoms with E-state index in [-0.39, 0.29) is 0 Å². The van der Waals surface area contributed by atoms with Crippen LogP contribution in [0, 0.1) is 0 Å². The summed E-state index contributed by atoms with van der Waals surface area (Å²) in [4.78, 5) is 0. The number of aromatic hydroxyl groups is 1. The zero-order valence-corrected chi connectivity index (χ0v) is 12.4. The SMILES string of the molecule is CCCCc1cc2c(O)cccc2n1Cc1ccccc1. The topological polar surface area (TPSA) is 25.2 Å². The predicted molar refractivity (Wildman–Crippen MR) is 87.8 cm³/mol. The van der Waals surface area contributed by atoms with Crippen LogP contribution in [0.15, 0.2) is 54.6 Å². The van der Waals surface area contributed by atoms with Crippen LogP contribution in [0.5, 0.6) is 5.75 Å². The van der Waals surface area contributed by atoms with Crippen LogP contribution in [-0.2, 0) is 13.0 Å². The molecule has 0 atom stereocenters. The predicted octanol–water partition coefficient (Wildman–Crippen LogP) is 4.74. The Labute approximate surface area is 125 Å². The maximum absolute atomic E-state index is 10.1. The Balaban J connectivity index is 2.07. The van der Waals surface area contributed by atoms with Gasteiger partial charge in [0.2, 0.25) is 0 Å². The van der Waals surface area contributed by atoms with Gasteiger partial charge in [0.15, 0.2) is 0 Å². The Morgan fingerprint density at radius 3 is 2.57 bits per heavy atom. The maximum Gasteiger partial charge on any atom is 0.124 e. The first kappa shape index (κ1) is 13.7. The minimum Gasteiger partial charge on any atom is -0.507 e. The zero-order chi connectivity index (χ0) is 14.7. The fourth-order valence-electron chi connectivity index (χ4n) is 2.84. The van der Waals surface area contributed by atoms with Gasteiger partial charge in [-0.15, -0.1) is 0 Å². The fourth-order valence-corrected chi connectivity index (χ4v) is 2.84. The number of hydrogen-bond donors (Lipinski definition) is 1. The van der Waals surface area contributed by atoms with Crippen molar-refractivity contribution in [1.29, 1.82) is 0 Å². The number of phenolic OH excluding ortho intramolecular Hbond substituents is 1. The molecule has 21 heavy (non-hydrogen) atoms. The van der Waals surface area contributed by atoms with E-state index in [1.807, 2.05) is 12.1 Å². The third-order valence-electron chi connectivity index (χ3n) is 3.98. The quantitative estimate of drug-likeness (QED) is 0.717. The summed E-state index contributed by atoms with van der Waals surface area (Å²) in [6, 6.07) is 18.4. The number of nitrogens with zero attached hydrogens (tertiary/aromatic N) is 1. The molecule has 2 heteroatoms. The van der Waals surface area contributed by atoms with Crippen molar-refractivity contribution in [2.24, 2.45) is 0 Å². The molecule has 0 fully saturated rings. The van der Waals surface area contributed by atoms with Gasteiger partial charge in [0.1, 0.15) is 5.75 Å². The number of phenols is 1. The fraction of sp³-hybridized carbons (Fsp3) is 0.263. The molecule has 0 bridgehead atoms. The molecule has 108 valence electrons. The van der Waals surface area contributed by atoms with Crippen molar-refractivity contribution in [3.05, 3.63) is 65.9 Å². The monoisotopic (exact) mass is 279 g/mol. The first-order valence-electron chi connectivity index (χ1n) is 7.63. The minimum atomic E-state index is 0.372. The summed E-state index contributed by atoms with van der Waals surface area (Å²) in [5.74, 6) is 0.372. The molecule has 1 heterocycles. The van der Waals surface area contributed by atoms with Gasteiger partial charge >= 0.3 is 0 Å². The van der Waals surface area contributed by atoms with E-state index >= 15 is 0 Å². The summed E-state index contributed by atoms with van der Waals surface area (Å²) in [6.07, 6.45) is 3.40. The van der Waals surface area contributed by atoms with E-state index in [9.17, 15) is 5.11 Å². The molecule has 0 saturated heterocycles. The molecule has 2 aromatic carbocycles. The van der Waals surface area contributed by atoms with E-state index in [0.717, 1.165) is 23.9 Å². The Morgan fingerprint density at radius 1 is 1.00 bits per heavy atom. The number of fused-ring (bicyclic) bond motifs is 1. The van der Waals surface area contributed by atoms with E-state index in [1.54, 1.807) is 6.07 Å². The summed E-state index contributed by atoms with van der Waals surface area (Å²) in [5, 5.41) is 11.0. The number of rotatable bonds is 5. The van der Waals surface area contributed by atoms with Gasteiger partial charge in [-0.3, -0.25) is 0 Å². The lowest BCUT2D eigenvalue weighted by atomic mass is 10.2. The normalized spacial score (nSPS) is 11.1. The summed E-state index contributed by atoms with van der Waals surface area (Å²) in [7, 11) is 0.